The van der Waals surface area contributed by atoms with Crippen molar-refractivity contribution in [2.75, 3.05) is 19.9 Å². The largest absolute Gasteiger partial charge is 0.454 e. The lowest BCUT2D eigenvalue weighted by molar-refractivity contribution is 0.174. The first-order valence-corrected chi connectivity index (χ1v) is 6.84. The van der Waals surface area contributed by atoms with Crippen LogP contribution in [0.2, 0.25) is 0 Å². The number of fused-ring (bicyclic) bond motifs is 1. The van der Waals surface area contributed by atoms with E-state index in [2.05, 4.69) is 10.3 Å². The number of hydrogen-bond acceptors (Lipinski definition) is 5. The number of ether oxygens (including phenoxy) is 2. The predicted octanol–water partition coefficient (Wildman–Crippen LogP) is 1.95. The summed E-state index contributed by atoms with van der Waals surface area (Å²) in [7, 11) is 0. The second kappa shape index (κ2) is 4.76. The van der Waals surface area contributed by atoms with Crippen LogP contribution in [0.4, 0.5) is 0 Å². The van der Waals surface area contributed by atoms with Crippen molar-refractivity contribution in [3.63, 3.8) is 0 Å². The normalized spacial score (nSPS) is 20.3. The molecule has 3 heterocycles. The van der Waals surface area contributed by atoms with Crippen LogP contribution >= 0.6 is 0 Å². The molecule has 1 aromatic carbocycles. The van der Waals surface area contributed by atoms with Crippen molar-refractivity contribution in [1.29, 1.82) is 0 Å². The van der Waals surface area contributed by atoms with Gasteiger partial charge in [0.15, 0.2) is 11.5 Å². The summed E-state index contributed by atoms with van der Waals surface area (Å²) in [6, 6.07) is 7.84. The van der Waals surface area contributed by atoms with Gasteiger partial charge < -0.3 is 14.8 Å². The van der Waals surface area contributed by atoms with Crippen LogP contribution in [0.1, 0.15) is 18.2 Å². The monoisotopic (exact) mass is 269 g/mol. The fraction of sp³-hybridized carbons (Fsp3) is 0.333. The molecule has 1 atom stereocenters. The van der Waals surface area contributed by atoms with Gasteiger partial charge in [-0.25, -0.2) is 9.97 Å². The molecule has 1 N–H and O–H groups in total. The lowest BCUT2D eigenvalue weighted by Crippen LogP contribution is -2.10. The van der Waals surface area contributed by atoms with E-state index in [9.17, 15) is 0 Å². The molecule has 2 aliphatic heterocycles. The van der Waals surface area contributed by atoms with Gasteiger partial charge in [0, 0.05) is 24.2 Å². The Morgan fingerprint density at radius 2 is 2.10 bits per heavy atom. The van der Waals surface area contributed by atoms with Crippen LogP contribution in [0.3, 0.4) is 0 Å². The molecule has 2 aliphatic rings. The Bertz CT molecular complexity index is 639. The van der Waals surface area contributed by atoms with Gasteiger partial charge in [-0.05, 0) is 37.2 Å². The highest BCUT2D eigenvalue weighted by Gasteiger charge is 2.20. The van der Waals surface area contributed by atoms with Gasteiger partial charge in [-0.1, -0.05) is 0 Å². The zero-order valence-electron chi connectivity index (χ0n) is 11.0. The van der Waals surface area contributed by atoms with Crippen molar-refractivity contribution in [3.05, 3.63) is 36.3 Å². The molecule has 0 saturated carbocycles. The summed E-state index contributed by atoms with van der Waals surface area (Å²) in [5.41, 5.74) is 1.96. The lowest BCUT2D eigenvalue weighted by atomic mass is 10.1. The molecule has 20 heavy (non-hydrogen) atoms. The van der Waals surface area contributed by atoms with E-state index in [1.807, 2.05) is 30.5 Å². The second-order valence-corrected chi connectivity index (χ2v) is 5.06. The Morgan fingerprint density at radius 3 is 3.00 bits per heavy atom. The van der Waals surface area contributed by atoms with Gasteiger partial charge in [0.2, 0.25) is 6.79 Å². The van der Waals surface area contributed by atoms with Crippen LogP contribution in [0.5, 0.6) is 11.5 Å². The molecule has 0 radical (unpaired) electrons. The Kier molecular flexibility index (Phi) is 2.77. The smallest absolute Gasteiger partial charge is 0.231 e. The summed E-state index contributed by atoms with van der Waals surface area (Å²) in [4.78, 5) is 9.12. The van der Waals surface area contributed by atoms with Gasteiger partial charge in [-0.3, -0.25) is 0 Å². The Morgan fingerprint density at radius 1 is 1.15 bits per heavy atom. The van der Waals surface area contributed by atoms with Crippen LogP contribution in [0, 0.1) is 0 Å². The summed E-state index contributed by atoms with van der Waals surface area (Å²) in [5, 5.41) is 3.35. The molecule has 5 nitrogen and oxygen atoms in total. The predicted molar refractivity (Wildman–Crippen MR) is 73.8 cm³/mol. The van der Waals surface area contributed by atoms with Crippen molar-refractivity contribution >= 4 is 0 Å². The molecule has 5 heteroatoms. The van der Waals surface area contributed by atoms with E-state index in [1.54, 1.807) is 0 Å². The number of aromatic nitrogens is 2. The van der Waals surface area contributed by atoms with E-state index < -0.39 is 0 Å². The van der Waals surface area contributed by atoms with E-state index in [-0.39, 0.29) is 0 Å². The van der Waals surface area contributed by atoms with Crippen molar-refractivity contribution in [2.45, 2.75) is 12.3 Å². The van der Waals surface area contributed by atoms with E-state index >= 15 is 0 Å². The molecule has 1 aromatic heterocycles. The molecular weight excluding hydrogens is 254 g/mol. The molecule has 2 aromatic rings. The summed E-state index contributed by atoms with van der Waals surface area (Å²) < 4.78 is 10.7. The van der Waals surface area contributed by atoms with E-state index in [0.717, 1.165) is 48.1 Å². The average Bonchev–Trinajstić information content (AvgIpc) is 3.18. The highest BCUT2D eigenvalue weighted by Crippen LogP contribution is 2.35. The van der Waals surface area contributed by atoms with Gasteiger partial charge >= 0.3 is 0 Å². The molecule has 1 saturated heterocycles. The van der Waals surface area contributed by atoms with Crippen LogP contribution in [-0.2, 0) is 0 Å². The molecular formula is C15H15N3O2. The van der Waals surface area contributed by atoms with Gasteiger partial charge in [-0.15, -0.1) is 0 Å². The minimum absolute atomic E-state index is 0.293. The number of rotatable bonds is 2. The van der Waals surface area contributed by atoms with Gasteiger partial charge in [0.25, 0.3) is 0 Å². The van der Waals surface area contributed by atoms with Crippen LogP contribution < -0.4 is 14.8 Å². The molecule has 102 valence electrons. The quantitative estimate of drug-likeness (QED) is 0.903. The highest BCUT2D eigenvalue weighted by atomic mass is 16.7. The summed E-state index contributed by atoms with van der Waals surface area (Å²) >= 11 is 0. The molecule has 0 bridgehead atoms. The molecule has 4 rings (SSSR count). The average molecular weight is 269 g/mol. The minimum atomic E-state index is 0.293. The summed E-state index contributed by atoms with van der Waals surface area (Å²) in [6.45, 7) is 2.30. The van der Waals surface area contributed by atoms with Crippen molar-refractivity contribution < 1.29 is 9.47 Å². The number of nitrogens with zero attached hydrogens (tertiary/aromatic N) is 2. The van der Waals surface area contributed by atoms with E-state index in [0.29, 0.717) is 12.7 Å². The first-order valence-electron chi connectivity index (χ1n) is 6.84. The van der Waals surface area contributed by atoms with Crippen LogP contribution in [0.15, 0.2) is 30.5 Å². The number of nitrogens with one attached hydrogen (secondary N) is 1. The third kappa shape index (κ3) is 2.00. The molecule has 1 unspecified atom stereocenters. The zero-order chi connectivity index (χ0) is 13.4. The van der Waals surface area contributed by atoms with E-state index in [1.165, 1.54) is 0 Å². The second-order valence-electron chi connectivity index (χ2n) is 5.06. The van der Waals surface area contributed by atoms with Crippen molar-refractivity contribution in [2.24, 2.45) is 0 Å². The molecule has 0 amide bonds. The Balaban J connectivity index is 1.69. The van der Waals surface area contributed by atoms with E-state index in [4.69, 9.17) is 14.5 Å². The lowest BCUT2D eigenvalue weighted by Gasteiger charge is -2.09. The third-order valence-electron chi connectivity index (χ3n) is 3.77. The first-order chi connectivity index (χ1) is 9.90. The fourth-order valence-electron chi connectivity index (χ4n) is 2.66. The Labute approximate surface area is 117 Å². The van der Waals surface area contributed by atoms with Crippen molar-refractivity contribution in [3.8, 4) is 22.8 Å². The zero-order valence-corrected chi connectivity index (χ0v) is 11.0. The maximum Gasteiger partial charge on any atom is 0.231 e. The highest BCUT2D eigenvalue weighted by molar-refractivity contribution is 5.64. The topological polar surface area (TPSA) is 56.3 Å². The SMILES string of the molecule is c1cc(-c2ccc3c(c2)OCO3)nc(C2CCNC2)n1. The molecule has 0 spiro atoms. The maximum atomic E-state index is 5.42. The number of benzene rings is 1. The van der Waals surface area contributed by atoms with Gasteiger partial charge in [-0.2, -0.15) is 0 Å². The molecule has 1 fully saturated rings. The van der Waals surface area contributed by atoms with Gasteiger partial charge in [0.05, 0.1) is 5.69 Å². The van der Waals surface area contributed by atoms with Crippen LogP contribution in [-0.4, -0.2) is 29.9 Å². The van der Waals surface area contributed by atoms with Gasteiger partial charge in [0.1, 0.15) is 5.82 Å². The van der Waals surface area contributed by atoms with Crippen molar-refractivity contribution in [1.82, 2.24) is 15.3 Å². The maximum absolute atomic E-state index is 5.42. The fourth-order valence-corrected chi connectivity index (χ4v) is 2.66. The standard InChI is InChI=1S/C15H15N3O2/c1-2-13-14(20-9-19-13)7-10(1)12-4-6-17-15(18-12)11-3-5-16-8-11/h1-2,4,6-7,11,16H,3,5,8-9H2. The summed E-state index contributed by atoms with van der Waals surface area (Å²) in [6.07, 6.45) is 2.94. The van der Waals surface area contributed by atoms with Crippen LogP contribution in [0.25, 0.3) is 11.3 Å². The first kappa shape index (κ1) is 11.7. The number of hydrogen-bond donors (Lipinski definition) is 1. The summed E-state index contributed by atoms with van der Waals surface area (Å²) in [5.74, 6) is 2.92. The third-order valence-corrected chi connectivity index (χ3v) is 3.77. The minimum Gasteiger partial charge on any atom is -0.454 e. The molecule has 0 aliphatic carbocycles. The Hall–Kier alpha value is -2.14.